The first-order valence-electron chi connectivity index (χ1n) is 5.84. The standard InChI is InChI=1S/C14H13NO3/c16-13(10-4-2-1-3-5-10)11-6-7-12-14(17,18)8-9-15(11)12/h1-7,17-18H,8-9H2. The molecule has 0 saturated heterocycles. The van der Waals surface area contributed by atoms with Crippen molar-refractivity contribution in [2.45, 2.75) is 18.8 Å². The minimum atomic E-state index is -1.81. The number of nitrogens with zero attached hydrogens (tertiary/aromatic N) is 1. The van der Waals surface area contributed by atoms with Crippen LogP contribution in [0.4, 0.5) is 0 Å². The first-order valence-corrected chi connectivity index (χ1v) is 5.84. The Labute approximate surface area is 104 Å². The first kappa shape index (κ1) is 11.2. The molecular formula is C14H13NO3. The summed E-state index contributed by atoms with van der Waals surface area (Å²) in [5.41, 5.74) is 1.50. The van der Waals surface area contributed by atoms with E-state index in [1.807, 2.05) is 18.2 Å². The van der Waals surface area contributed by atoms with Gasteiger partial charge in [-0.05, 0) is 12.1 Å². The normalized spacial score (nSPS) is 16.6. The molecular weight excluding hydrogens is 230 g/mol. The highest BCUT2D eigenvalue weighted by Crippen LogP contribution is 2.32. The fourth-order valence-electron chi connectivity index (χ4n) is 2.39. The van der Waals surface area contributed by atoms with E-state index in [4.69, 9.17) is 0 Å². The average molecular weight is 243 g/mol. The van der Waals surface area contributed by atoms with Crippen LogP contribution in [0, 0.1) is 0 Å². The van der Waals surface area contributed by atoms with Gasteiger partial charge in [0, 0.05) is 18.5 Å². The number of carbonyl (C=O) groups excluding carboxylic acids is 1. The number of carbonyl (C=O) groups is 1. The molecule has 0 fully saturated rings. The SMILES string of the molecule is O=C(c1ccccc1)c1ccc2n1CCC2(O)O. The van der Waals surface area contributed by atoms with Crippen molar-refractivity contribution >= 4 is 5.78 Å². The zero-order valence-electron chi connectivity index (χ0n) is 9.71. The molecule has 1 aromatic carbocycles. The highest BCUT2D eigenvalue weighted by Gasteiger charge is 2.37. The van der Waals surface area contributed by atoms with Gasteiger partial charge < -0.3 is 14.8 Å². The van der Waals surface area contributed by atoms with Crippen LogP contribution in [0.2, 0.25) is 0 Å². The minimum absolute atomic E-state index is 0.0976. The lowest BCUT2D eigenvalue weighted by atomic mass is 10.1. The summed E-state index contributed by atoms with van der Waals surface area (Å²) < 4.78 is 1.68. The summed E-state index contributed by atoms with van der Waals surface area (Å²) in [6.07, 6.45) is 0.220. The minimum Gasteiger partial charge on any atom is -0.361 e. The van der Waals surface area contributed by atoms with Crippen LogP contribution in [0.5, 0.6) is 0 Å². The number of benzene rings is 1. The van der Waals surface area contributed by atoms with Crippen LogP contribution in [0.3, 0.4) is 0 Å². The summed E-state index contributed by atoms with van der Waals surface area (Å²) >= 11 is 0. The van der Waals surface area contributed by atoms with E-state index >= 15 is 0 Å². The third-order valence-electron chi connectivity index (χ3n) is 3.34. The maximum absolute atomic E-state index is 12.3. The van der Waals surface area contributed by atoms with Crippen molar-refractivity contribution in [1.82, 2.24) is 4.57 Å². The van der Waals surface area contributed by atoms with E-state index in [9.17, 15) is 15.0 Å². The van der Waals surface area contributed by atoms with Crippen LogP contribution >= 0.6 is 0 Å². The van der Waals surface area contributed by atoms with Gasteiger partial charge >= 0.3 is 0 Å². The van der Waals surface area contributed by atoms with Gasteiger partial charge in [-0.2, -0.15) is 0 Å². The van der Waals surface area contributed by atoms with E-state index in [0.29, 0.717) is 23.5 Å². The second-order valence-corrected chi connectivity index (χ2v) is 4.52. The highest BCUT2D eigenvalue weighted by atomic mass is 16.5. The molecule has 18 heavy (non-hydrogen) atoms. The van der Waals surface area contributed by atoms with Crippen LogP contribution in [0.1, 0.15) is 28.2 Å². The quantitative estimate of drug-likeness (QED) is 0.616. The summed E-state index contributed by atoms with van der Waals surface area (Å²) in [7, 11) is 0. The molecule has 0 unspecified atom stereocenters. The number of hydrogen-bond acceptors (Lipinski definition) is 3. The zero-order chi connectivity index (χ0) is 12.8. The second kappa shape index (κ2) is 3.80. The molecule has 0 aliphatic carbocycles. The summed E-state index contributed by atoms with van der Waals surface area (Å²) in [5, 5.41) is 19.5. The van der Waals surface area contributed by atoms with Crippen molar-refractivity contribution in [1.29, 1.82) is 0 Å². The third kappa shape index (κ3) is 1.58. The molecule has 1 aliphatic rings. The van der Waals surface area contributed by atoms with Crippen molar-refractivity contribution in [2.24, 2.45) is 0 Å². The monoisotopic (exact) mass is 243 g/mol. The van der Waals surface area contributed by atoms with Crippen molar-refractivity contribution in [3.8, 4) is 0 Å². The van der Waals surface area contributed by atoms with Gasteiger partial charge in [0.1, 0.15) is 0 Å². The Bertz CT molecular complexity index is 599. The molecule has 1 aromatic heterocycles. The summed E-state index contributed by atoms with van der Waals surface area (Å²) in [5.74, 6) is -1.91. The van der Waals surface area contributed by atoms with Crippen LogP contribution in [-0.2, 0) is 12.3 Å². The van der Waals surface area contributed by atoms with Crippen molar-refractivity contribution < 1.29 is 15.0 Å². The van der Waals surface area contributed by atoms with E-state index in [1.165, 1.54) is 0 Å². The molecule has 0 amide bonds. The molecule has 3 rings (SSSR count). The molecule has 2 heterocycles. The Morgan fingerprint density at radius 3 is 2.56 bits per heavy atom. The summed E-state index contributed by atoms with van der Waals surface area (Å²) in [6, 6.07) is 12.2. The molecule has 0 atom stereocenters. The number of aromatic nitrogens is 1. The van der Waals surface area contributed by atoms with E-state index in [-0.39, 0.29) is 12.2 Å². The van der Waals surface area contributed by atoms with Gasteiger partial charge in [-0.3, -0.25) is 4.79 Å². The lowest BCUT2D eigenvalue weighted by Gasteiger charge is -2.12. The van der Waals surface area contributed by atoms with E-state index in [1.54, 1.807) is 28.8 Å². The van der Waals surface area contributed by atoms with E-state index in [2.05, 4.69) is 0 Å². The Hall–Kier alpha value is -1.91. The Kier molecular flexibility index (Phi) is 2.36. The van der Waals surface area contributed by atoms with E-state index < -0.39 is 5.79 Å². The summed E-state index contributed by atoms with van der Waals surface area (Å²) in [6.45, 7) is 0.448. The number of aliphatic hydroxyl groups is 2. The third-order valence-corrected chi connectivity index (χ3v) is 3.34. The topological polar surface area (TPSA) is 62.5 Å². The molecule has 0 saturated carbocycles. The molecule has 4 nitrogen and oxygen atoms in total. The average Bonchev–Trinajstić information content (AvgIpc) is 2.92. The lowest BCUT2D eigenvalue weighted by molar-refractivity contribution is -0.166. The van der Waals surface area contributed by atoms with Gasteiger partial charge in [0.05, 0.1) is 11.4 Å². The van der Waals surface area contributed by atoms with Crippen molar-refractivity contribution in [2.75, 3.05) is 0 Å². The number of fused-ring (bicyclic) bond motifs is 1. The fraction of sp³-hybridized carbons (Fsp3) is 0.214. The van der Waals surface area contributed by atoms with Gasteiger partial charge in [-0.15, -0.1) is 0 Å². The lowest BCUT2D eigenvalue weighted by Crippen LogP contribution is -2.20. The van der Waals surface area contributed by atoms with Gasteiger partial charge in [0.25, 0.3) is 0 Å². The molecule has 1 aliphatic heterocycles. The van der Waals surface area contributed by atoms with Crippen LogP contribution in [0.25, 0.3) is 0 Å². The number of ketones is 1. The van der Waals surface area contributed by atoms with Crippen molar-refractivity contribution in [3.05, 3.63) is 59.4 Å². The molecule has 2 N–H and O–H groups in total. The molecule has 2 aromatic rings. The Balaban J connectivity index is 2.03. The van der Waals surface area contributed by atoms with E-state index in [0.717, 1.165) is 0 Å². The highest BCUT2D eigenvalue weighted by molar-refractivity contribution is 6.08. The number of rotatable bonds is 2. The van der Waals surface area contributed by atoms with Gasteiger partial charge in [0.15, 0.2) is 0 Å². The van der Waals surface area contributed by atoms with Crippen LogP contribution < -0.4 is 0 Å². The van der Waals surface area contributed by atoms with Crippen molar-refractivity contribution in [3.63, 3.8) is 0 Å². The Morgan fingerprint density at radius 1 is 1.11 bits per heavy atom. The molecule has 0 radical (unpaired) electrons. The molecule has 0 bridgehead atoms. The Morgan fingerprint density at radius 2 is 1.83 bits per heavy atom. The number of hydrogen-bond donors (Lipinski definition) is 2. The maximum atomic E-state index is 12.3. The fourth-order valence-corrected chi connectivity index (χ4v) is 2.39. The molecule has 4 heteroatoms. The van der Waals surface area contributed by atoms with Gasteiger partial charge in [-0.1, -0.05) is 30.3 Å². The summed E-state index contributed by atoms with van der Waals surface area (Å²) in [4.78, 5) is 12.3. The molecule has 92 valence electrons. The molecule has 0 spiro atoms. The zero-order valence-corrected chi connectivity index (χ0v) is 9.71. The second-order valence-electron chi connectivity index (χ2n) is 4.52. The van der Waals surface area contributed by atoms with Gasteiger partial charge in [0.2, 0.25) is 11.6 Å². The smallest absolute Gasteiger partial charge is 0.209 e. The predicted octanol–water partition coefficient (Wildman–Crippen LogP) is 1.26. The maximum Gasteiger partial charge on any atom is 0.209 e. The largest absolute Gasteiger partial charge is 0.361 e. The van der Waals surface area contributed by atoms with Gasteiger partial charge in [-0.25, -0.2) is 0 Å². The van der Waals surface area contributed by atoms with Crippen LogP contribution in [0.15, 0.2) is 42.5 Å². The predicted molar refractivity (Wildman–Crippen MR) is 65.0 cm³/mol. The van der Waals surface area contributed by atoms with Crippen LogP contribution in [-0.4, -0.2) is 20.6 Å². The first-order chi connectivity index (χ1) is 8.59.